The lowest BCUT2D eigenvalue weighted by Crippen LogP contribution is -2.33. The Morgan fingerprint density at radius 1 is 1.31 bits per heavy atom. The van der Waals surface area contributed by atoms with E-state index in [4.69, 9.17) is 16.3 Å². The Kier molecular flexibility index (Phi) is 5.61. The lowest BCUT2D eigenvalue weighted by atomic mass is 10.1. The molecule has 0 saturated heterocycles. The van der Waals surface area contributed by atoms with Crippen molar-refractivity contribution < 1.29 is 9.53 Å². The predicted molar refractivity (Wildman–Crippen MR) is 99.9 cm³/mol. The third kappa shape index (κ3) is 4.64. The fourth-order valence-electron chi connectivity index (χ4n) is 2.72. The lowest BCUT2D eigenvalue weighted by Gasteiger charge is -2.11. The van der Waals surface area contributed by atoms with E-state index in [0.717, 1.165) is 29.7 Å². The number of hydrogen-bond donors (Lipinski definition) is 1. The van der Waals surface area contributed by atoms with Crippen LogP contribution in [0, 0.1) is 13.8 Å². The molecule has 0 radical (unpaired) electrons. The zero-order valence-corrected chi connectivity index (χ0v) is 15.7. The highest BCUT2D eigenvalue weighted by molar-refractivity contribution is 6.32. The fraction of sp³-hybridized carbons (Fsp3) is 0.421. The topological polar surface area (TPSA) is 73.2 Å². The predicted octanol–water partition coefficient (Wildman–Crippen LogP) is 2.59. The molecule has 2 aromatic rings. The number of aryl methyl sites for hydroxylation is 2. The second-order valence-corrected chi connectivity index (χ2v) is 7.01. The number of rotatable bonds is 7. The van der Waals surface area contributed by atoms with Gasteiger partial charge in [0.2, 0.25) is 0 Å². The number of benzene rings is 1. The molecule has 1 aliphatic rings. The maximum Gasteiger partial charge on any atom is 0.258 e. The smallest absolute Gasteiger partial charge is 0.258 e. The van der Waals surface area contributed by atoms with Crippen LogP contribution in [0.5, 0.6) is 5.75 Å². The van der Waals surface area contributed by atoms with Gasteiger partial charge < -0.3 is 10.1 Å². The summed E-state index contributed by atoms with van der Waals surface area (Å²) in [6, 6.07) is 5.19. The summed E-state index contributed by atoms with van der Waals surface area (Å²) in [5, 5.41) is 3.44. The molecule has 1 aromatic heterocycles. The van der Waals surface area contributed by atoms with Gasteiger partial charge in [0, 0.05) is 30.1 Å². The minimum Gasteiger partial charge on any atom is -0.484 e. The quantitative estimate of drug-likeness (QED) is 0.807. The summed E-state index contributed by atoms with van der Waals surface area (Å²) < 4.78 is 7.01. The monoisotopic (exact) mass is 375 g/mol. The van der Waals surface area contributed by atoms with Crippen molar-refractivity contribution >= 4 is 17.5 Å². The summed E-state index contributed by atoms with van der Waals surface area (Å²) in [6.45, 7) is 4.41. The van der Waals surface area contributed by atoms with Gasteiger partial charge in [0.25, 0.3) is 11.5 Å². The molecule has 1 aliphatic carbocycles. The Hall–Kier alpha value is -2.34. The standard InChI is InChI=1S/C19H22ClN3O3/c1-12-7-15(8-13(2)19(12)20)26-10-17(24)21-5-6-23-11-22-16(9-18(23)25)14-3-4-14/h7-9,11,14H,3-6,10H2,1-2H3,(H,21,24). The van der Waals surface area contributed by atoms with Crippen molar-refractivity contribution in [3.8, 4) is 5.75 Å². The first-order valence-electron chi connectivity index (χ1n) is 8.66. The van der Waals surface area contributed by atoms with E-state index < -0.39 is 0 Å². The normalized spacial score (nSPS) is 13.5. The van der Waals surface area contributed by atoms with E-state index >= 15 is 0 Å². The molecule has 0 atom stereocenters. The fourth-order valence-corrected chi connectivity index (χ4v) is 2.82. The van der Waals surface area contributed by atoms with Crippen molar-refractivity contribution in [2.45, 2.75) is 39.2 Å². The van der Waals surface area contributed by atoms with Gasteiger partial charge in [0.05, 0.1) is 12.0 Å². The van der Waals surface area contributed by atoms with E-state index in [2.05, 4.69) is 10.3 Å². The minimum absolute atomic E-state index is 0.0838. The maximum atomic E-state index is 12.0. The van der Waals surface area contributed by atoms with Gasteiger partial charge in [-0.15, -0.1) is 0 Å². The van der Waals surface area contributed by atoms with Crippen LogP contribution in [-0.2, 0) is 11.3 Å². The van der Waals surface area contributed by atoms with Gasteiger partial charge in [0.1, 0.15) is 5.75 Å². The highest BCUT2D eigenvalue weighted by Gasteiger charge is 2.25. The molecular weight excluding hydrogens is 354 g/mol. The number of aromatic nitrogens is 2. The third-order valence-corrected chi connectivity index (χ3v) is 4.95. The molecule has 1 fully saturated rings. The molecule has 0 bridgehead atoms. The second-order valence-electron chi connectivity index (χ2n) is 6.63. The van der Waals surface area contributed by atoms with Gasteiger partial charge >= 0.3 is 0 Å². The highest BCUT2D eigenvalue weighted by atomic mass is 35.5. The molecule has 3 rings (SSSR count). The number of nitrogens with one attached hydrogen (secondary N) is 1. The Balaban J connectivity index is 1.45. The molecule has 7 heteroatoms. The van der Waals surface area contributed by atoms with Crippen molar-refractivity contribution in [2.75, 3.05) is 13.2 Å². The van der Waals surface area contributed by atoms with Crippen molar-refractivity contribution in [2.24, 2.45) is 0 Å². The van der Waals surface area contributed by atoms with Gasteiger partial charge in [-0.2, -0.15) is 0 Å². The van der Waals surface area contributed by atoms with Gasteiger partial charge in [-0.3, -0.25) is 14.2 Å². The van der Waals surface area contributed by atoms with E-state index in [1.165, 1.54) is 4.57 Å². The van der Waals surface area contributed by atoms with Gasteiger partial charge in [0.15, 0.2) is 6.61 Å². The first-order valence-corrected chi connectivity index (χ1v) is 9.04. The zero-order chi connectivity index (χ0) is 18.7. The first kappa shape index (κ1) is 18.5. The third-order valence-electron chi connectivity index (χ3n) is 4.35. The van der Waals surface area contributed by atoms with Gasteiger partial charge in [-0.25, -0.2) is 4.98 Å². The molecule has 138 valence electrons. The molecular formula is C19H22ClN3O3. The average molecular weight is 376 g/mol. The molecule has 1 amide bonds. The Bertz CT molecular complexity index is 852. The molecule has 0 spiro atoms. The number of carbonyl (C=O) groups excluding carboxylic acids is 1. The lowest BCUT2D eigenvalue weighted by molar-refractivity contribution is -0.123. The molecule has 6 nitrogen and oxygen atoms in total. The molecule has 1 N–H and O–H groups in total. The molecule has 1 saturated carbocycles. The van der Waals surface area contributed by atoms with Crippen LogP contribution in [0.25, 0.3) is 0 Å². The summed E-state index contributed by atoms with van der Waals surface area (Å²) in [6.07, 6.45) is 3.77. The number of amides is 1. The number of ether oxygens (including phenoxy) is 1. The number of carbonyl (C=O) groups is 1. The van der Waals surface area contributed by atoms with Crippen LogP contribution in [0.1, 0.15) is 35.6 Å². The van der Waals surface area contributed by atoms with Crippen LogP contribution in [0.3, 0.4) is 0 Å². The van der Waals surface area contributed by atoms with Crippen molar-refractivity contribution in [3.05, 3.63) is 56.7 Å². The van der Waals surface area contributed by atoms with Crippen molar-refractivity contribution in [3.63, 3.8) is 0 Å². The van der Waals surface area contributed by atoms with E-state index in [9.17, 15) is 9.59 Å². The van der Waals surface area contributed by atoms with Crippen molar-refractivity contribution in [1.82, 2.24) is 14.9 Å². The molecule has 0 aliphatic heterocycles. The van der Waals surface area contributed by atoms with Crippen LogP contribution in [0.15, 0.2) is 29.3 Å². The average Bonchev–Trinajstić information content (AvgIpc) is 3.44. The summed E-state index contributed by atoms with van der Waals surface area (Å²) in [5.74, 6) is 0.816. The van der Waals surface area contributed by atoms with Crippen LogP contribution >= 0.6 is 11.6 Å². The molecule has 0 unspecified atom stereocenters. The Morgan fingerprint density at radius 3 is 2.62 bits per heavy atom. The molecule has 26 heavy (non-hydrogen) atoms. The van der Waals surface area contributed by atoms with Crippen molar-refractivity contribution in [1.29, 1.82) is 0 Å². The minimum atomic E-state index is -0.245. The van der Waals surface area contributed by atoms with Crippen LogP contribution < -0.4 is 15.6 Å². The largest absolute Gasteiger partial charge is 0.484 e. The van der Waals surface area contributed by atoms with Crippen LogP contribution in [-0.4, -0.2) is 28.6 Å². The highest BCUT2D eigenvalue weighted by Crippen LogP contribution is 2.38. The zero-order valence-electron chi connectivity index (χ0n) is 14.9. The Morgan fingerprint density at radius 2 is 2.00 bits per heavy atom. The van der Waals surface area contributed by atoms with E-state index in [1.807, 2.05) is 13.8 Å². The maximum absolute atomic E-state index is 12.0. The van der Waals surface area contributed by atoms with E-state index in [-0.39, 0.29) is 18.1 Å². The van der Waals surface area contributed by atoms with Crippen LogP contribution in [0.4, 0.5) is 0 Å². The summed E-state index contributed by atoms with van der Waals surface area (Å²) in [4.78, 5) is 28.3. The van der Waals surface area contributed by atoms with Gasteiger partial charge in [-0.05, 0) is 49.9 Å². The SMILES string of the molecule is Cc1cc(OCC(=O)NCCn2cnc(C3CC3)cc2=O)cc(C)c1Cl. The Labute approximate surface area is 157 Å². The summed E-state index contributed by atoms with van der Waals surface area (Å²) in [5.41, 5.74) is 2.60. The number of nitrogens with zero attached hydrogens (tertiary/aromatic N) is 2. The van der Waals surface area contributed by atoms with Crippen LogP contribution in [0.2, 0.25) is 5.02 Å². The summed E-state index contributed by atoms with van der Waals surface area (Å²) >= 11 is 6.11. The second kappa shape index (κ2) is 7.91. The first-order chi connectivity index (χ1) is 12.4. The molecule has 1 heterocycles. The summed E-state index contributed by atoms with van der Waals surface area (Å²) in [7, 11) is 0. The van der Waals surface area contributed by atoms with E-state index in [1.54, 1.807) is 24.5 Å². The number of halogens is 1. The van der Waals surface area contributed by atoms with Gasteiger partial charge in [-0.1, -0.05) is 11.6 Å². The number of hydrogen-bond acceptors (Lipinski definition) is 4. The van der Waals surface area contributed by atoms with E-state index in [0.29, 0.717) is 29.8 Å². The molecule has 1 aromatic carbocycles.